The molecule has 4 nitrogen and oxygen atoms in total. The van der Waals surface area contributed by atoms with Crippen molar-refractivity contribution in [3.05, 3.63) is 0 Å². The monoisotopic (exact) mass is 215 g/mol. The van der Waals surface area contributed by atoms with Gasteiger partial charge in [0.15, 0.2) is 0 Å². The Labute approximate surface area is 91.2 Å². The Bertz CT molecular complexity index is 208. The SMILES string of the molecule is CCOC[C@@H]1CCCCN1[C@H](C)C(=O)O. The average Bonchev–Trinajstić information content (AvgIpc) is 2.25. The van der Waals surface area contributed by atoms with Crippen molar-refractivity contribution in [1.82, 2.24) is 4.90 Å². The van der Waals surface area contributed by atoms with Crippen LogP contribution in [0.25, 0.3) is 0 Å². The number of ether oxygens (including phenoxy) is 1. The lowest BCUT2D eigenvalue weighted by Crippen LogP contribution is -2.50. The summed E-state index contributed by atoms with van der Waals surface area (Å²) >= 11 is 0. The molecule has 1 rings (SSSR count). The molecular formula is C11H21NO3. The Balaban J connectivity index is 2.52. The molecule has 0 amide bonds. The van der Waals surface area contributed by atoms with Gasteiger partial charge in [0.2, 0.25) is 0 Å². The number of hydrogen-bond donors (Lipinski definition) is 1. The van der Waals surface area contributed by atoms with Crippen molar-refractivity contribution in [2.24, 2.45) is 0 Å². The molecule has 0 unspecified atom stereocenters. The molecule has 4 heteroatoms. The van der Waals surface area contributed by atoms with Gasteiger partial charge in [0.25, 0.3) is 0 Å². The van der Waals surface area contributed by atoms with Gasteiger partial charge >= 0.3 is 5.97 Å². The summed E-state index contributed by atoms with van der Waals surface area (Å²) in [5.41, 5.74) is 0. The van der Waals surface area contributed by atoms with Crippen LogP contribution in [-0.4, -0.2) is 47.8 Å². The second-order valence-electron chi connectivity index (χ2n) is 4.06. The summed E-state index contributed by atoms with van der Waals surface area (Å²) in [5.74, 6) is -0.738. The molecule has 15 heavy (non-hydrogen) atoms. The molecule has 0 spiro atoms. The maximum atomic E-state index is 10.9. The Morgan fingerprint density at radius 1 is 1.60 bits per heavy atom. The van der Waals surface area contributed by atoms with E-state index in [1.54, 1.807) is 6.92 Å². The first-order valence-corrected chi connectivity index (χ1v) is 5.73. The summed E-state index contributed by atoms with van der Waals surface area (Å²) in [4.78, 5) is 13.0. The highest BCUT2D eigenvalue weighted by molar-refractivity contribution is 5.72. The van der Waals surface area contributed by atoms with E-state index in [1.165, 1.54) is 6.42 Å². The van der Waals surface area contributed by atoms with Gasteiger partial charge in [0.05, 0.1) is 6.61 Å². The maximum absolute atomic E-state index is 10.9. The first kappa shape index (κ1) is 12.5. The van der Waals surface area contributed by atoms with Crippen molar-refractivity contribution < 1.29 is 14.6 Å². The Hall–Kier alpha value is -0.610. The Morgan fingerprint density at radius 3 is 2.93 bits per heavy atom. The van der Waals surface area contributed by atoms with E-state index in [0.29, 0.717) is 13.2 Å². The second kappa shape index (κ2) is 6.08. The van der Waals surface area contributed by atoms with Crippen LogP contribution in [0.4, 0.5) is 0 Å². The molecule has 1 fully saturated rings. The third-order valence-corrected chi connectivity index (χ3v) is 3.04. The highest BCUT2D eigenvalue weighted by Gasteiger charge is 2.29. The van der Waals surface area contributed by atoms with Crippen LogP contribution in [0, 0.1) is 0 Å². The van der Waals surface area contributed by atoms with Crippen LogP contribution in [0.1, 0.15) is 33.1 Å². The summed E-state index contributed by atoms with van der Waals surface area (Å²) < 4.78 is 5.40. The summed E-state index contributed by atoms with van der Waals surface area (Å²) in [6.07, 6.45) is 3.33. The number of carboxylic acid groups (broad SMARTS) is 1. The molecule has 1 saturated heterocycles. The van der Waals surface area contributed by atoms with Crippen molar-refractivity contribution in [3.63, 3.8) is 0 Å². The van der Waals surface area contributed by atoms with E-state index in [2.05, 4.69) is 4.90 Å². The largest absolute Gasteiger partial charge is 0.480 e. The quantitative estimate of drug-likeness (QED) is 0.752. The van der Waals surface area contributed by atoms with Crippen LogP contribution < -0.4 is 0 Å². The number of nitrogens with zero attached hydrogens (tertiary/aromatic N) is 1. The van der Waals surface area contributed by atoms with Crippen molar-refractivity contribution in [3.8, 4) is 0 Å². The van der Waals surface area contributed by atoms with E-state index < -0.39 is 12.0 Å². The molecule has 2 atom stereocenters. The fraction of sp³-hybridized carbons (Fsp3) is 0.909. The smallest absolute Gasteiger partial charge is 0.320 e. The molecule has 0 aliphatic carbocycles. The highest BCUT2D eigenvalue weighted by Crippen LogP contribution is 2.19. The van der Waals surface area contributed by atoms with Crippen molar-refractivity contribution in [2.75, 3.05) is 19.8 Å². The van der Waals surface area contributed by atoms with Gasteiger partial charge in [0, 0.05) is 12.6 Å². The zero-order valence-electron chi connectivity index (χ0n) is 9.61. The van der Waals surface area contributed by atoms with E-state index in [9.17, 15) is 4.79 Å². The minimum atomic E-state index is -0.738. The third-order valence-electron chi connectivity index (χ3n) is 3.04. The number of rotatable bonds is 5. The number of likely N-dealkylation sites (tertiary alicyclic amines) is 1. The standard InChI is InChI=1S/C11H21NO3/c1-3-15-8-10-6-4-5-7-12(10)9(2)11(13)14/h9-10H,3-8H2,1-2H3,(H,13,14)/t9-,10+/m1/s1. The summed E-state index contributed by atoms with van der Waals surface area (Å²) in [6, 6.07) is -0.111. The zero-order chi connectivity index (χ0) is 11.3. The second-order valence-corrected chi connectivity index (χ2v) is 4.06. The van der Waals surface area contributed by atoms with Gasteiger partial charge in [0.1, 0.15) is 6.04 Å². The molecule has 0 bridgehead atoms. The fourth-order valence-corrected chi connectivity index (χ4v) is 2.11. The molecule has 1 N–H and O–H groups in total. The number of carbonyl (C=O) groups is 1. The number of piperidine rings is 1. The molecule has 88 valence electrons. The van der Waals surface area contributed by atoms with Gasteiger partial charge in [-0.2, -0.15) is 0 Å². The van der Waals surface area contributed by atoms with Gasteiger partial charge in [-0.25, -0.2) is 0 Å². The van der Waals surface area contributed by atoms with E-state index in [-0.39, 0.29) is 6.04 Å². The molecule has 1 aliphatic rings. The summed E-state index contributed by atoms with van der Waals surface area (Å²) in [5, 5.41) is 8.99. The van der Waals surface area contributed by atoms with Gasteiger partial charge < -0.3 is 9.84 Å². The molecule has 1 aliphatic heterocycles. The minimum absolute atomic E-state index is 0.282. The lowest BCUT2D eigenvalue weighted by Gasteiger charge is -2.37. The van der Waals surface area contributed by atoms with Crippen molar-refractivity contribution in [2.45, 2.75) is 45.2 Å². The van der Waals surface area contributed by atoms with Crippen LogP contribution in [0.3, 0.4) is 0 Å². The molecule has 0 aromatic heterocycles. The average molecular weight is 215 g/mol. The zero-order valence-corrected chi connectivity index (χ0v) is 9.61. The third kappa shape index (κ3) is 3.47. The van der Waals surface area contributed by atoms with Crippen LogP contribution >= 0.6 is 0 Å². The lowest BCUT2D eigenvalue weighted by atomic mass is 10.0. The lowest BCUT2D eigenvalue weighted by molar-refractivity contribution is -0.144. The topological polar surface area (TPSA) is 49.8 Å². The van der Waals surface area contributed by atoms with Crippen molar-refractivity contribution >= 4 is 5.97 Å². The van der Waals surface area contributed by atoms with Gasteiger partial charge in [-0.1, -0.05) is 6.42 Å². The first-order chi connectivity index (χ1) is 7.16. The van der Waals surface area contributed by atoms with Gasteiger partial charge in [-0.05, 0) is 33.2 Å². The number of carboxylic acids is 1. The Kier molecular flexibility index (Phi) is 5.05. The fourth-order valence-electron chi connectivity index (χ4n) is 2.11. The van der Waals surface area contributed by atoms with Crippen LogP contribution in [0.15, 0.2) is 0 Å². The molecule has 0 aromatic carbocycles. The molecular weight excluding hydrogens is 194 g/mol. The predicted octanol–water partition coefficient (Wildman–Crippen LogP) is 1.35. The van der Waals surface area contributed by atoms with Gasteiger partial charge in [-0.3, -0.25) is 9.69 Å². The van der Waals surface area contributed by atoms with E-state index >= 15 is 0 Å². The van der Waals surface area contributed by atoms with E-state index in [0.717, 1.165) is 19.4 Å². The molecule has 0 saturated carbocycles. The minimum Gasteiger partial charge on any atom is -0.480 e. The molecule has 0 aromatic rings. The number of aliphatic carboxylic acids is 1. The van der Waals surface area contributed by atoms with Crippen LogP contribution in [0.5, 0.6) is 0 Å². The number of hydrogen-bond acceptors (Lipinski definition) is 3. The van der Waals surface area contributed by atoms with Crippen LogP contribution in [-0.2, 0) is 9.53 Å². The predicted molar refractivity (Wildman–Crippen MR) is 57.9 cm³/mol. The summed E-state index contributed by atoms with van der Waals surface area (Å²) in [7, 11) is 0. The molecule has 0 radical (unpaired) electrons. The van der Waals surface area contributed by atoms with Crippen LogP contribution in [0.2, 0.25) is 0 Å². The highest BCUT2D eigenvalue weighted by atomic mass is 16.5. The summed E-state index contributed by atoms with van der Waals surface area (Å²) in [6.45, 7) is 5.96. The van der Waals surface area contributed by atoms with Crippen molar-refractivity contribution in [1.29, 1.82) is 0 Å². The van der Waals surface area contributed by atoms with Gasteiger partial charge in [-0.15, -0.1) is 0 Å². The first-order valence-electron chi connectivity index (χ1n) is 5.73. The normalized spacial score (nSPS) is 25.1. The Morgan fingerprint density at radius 2 is 2.33 bits per heavy atom. The van der Waals surface area contributed by atoms with E-state index in [4.69, 9.17) is 9.84 Å². The van der Waals surface area contributed by atoms with E-state index in [1.807, 2.05) is 6.92 Å². The molecule has 1 heterocycles. The maximum Gasteiger partial charge on any atom is 0.320 e.